The summed E-state index contributed by atoms with van der Waals surface area (Å²) in [5.74, 6) is 0.0899. The molecule has 7 heteroatoms. The Balaban J connectivity index is 1.45. The van der Waals surface area contributed by atoms with Gasteiger partial charge in [-0.05, 0) is 25.0 Å². The highest BCUT2D eigenvalue weighted by molar-refractivity contribution is 5.92. The molecule has 2 aromatic heterocycles. The van der Waals surface area contributed by atoms with E-state index in [4.69, 9.17) is 0 Å². The standard InChI is InChI=1S/C17H23N5O2/c23-15(18-13-7-3-1-2-4-8-13)10-11-16(24)19-17-21-20-14-9-5-6-12-22(14)17/h5-6,9,12-13H,1-4,7-8,10-11H2,(H,18,23)(H,19,21,24). The van der Waals surface area contributed by atoms with Gasteiger partial charge in [-0.2, -0.15) is 0 Å². The van der Waals surface area contributed by atoms with Crippen LogP contribution in [0, 0.1) is 0 Å². The third-order valence-electron chi connectivity index (χ3n) is 4.36. The van der Waals surface area contributed by atoms with Crippen molar-refractivity contribution in [3.05, 3.63) is 24.4 Å². The molecule has 0 unspecified atom stereocenters. The molecule has 7 nitrogen and oxygen atoms in total. The van der Waals surface area contributed by atoms with Crippen LogP contribution >= 0.6 is 0 Å². The molecule has 128 valence electrons. The van der Waals surface area contributed by atoms with E-state index < -0.39 is 0 Å². The first-order valence-electron chi connectivity index (χ1n) is 8.61. The number of nitrogens with one attached hydrogen (secondary N) is 2. The second kappa shape index (κ2) is 7.90. The van der Waals surface area contributed by atoms with Crippen LogP contribution in [0.25, 0.3) is 5.65 Å². The van der Waals surface area contributed by atoms with Crippen molar-refractivity contribution in [2.75, 3.05) is 5.32 Å². The van der Waals surface area contributed by atoms with Gasteiger partial charge >= 0.3 is 0 Å². The lowest BCUT2D eigenvalue weighted by Gasteiger charge is -2.15. The fraction of sp³-hybridized carbons (Fsp3) is 0.529. The maximum absolute atomic E-state index is 12.0. The number of carbonyl (C=O) groups excluding carboxylic acids is 2. The van der Waals surface area contributed by atoms with E-state index in [0.29, 0.717) is 11.6 Å². The number of pyridine rings is 1. The van der Waals surface area contributed by atoms with E-state index in [1.807, 2.05) is 18.2 Å². The normalized spacial score (nSPS) is 15.8. The number of nitrogens with zero attached hydrogens (tertiary/aromatic N) is 3. The zero-order valence-electron chi connectivity index (χ0n) is 13.7. The first-order chi connectivity index (χ1) is 11.7. The van der Waals surface area contributed by atoms with Crippen LogP contribution in [-0.4, -0.2) is 32.5 Å². The summed E-state index contributed by atoms with van der Waals surface area (Å²) < 4.78 is 1.70. The van der Waals surface area contributed by atoms with E-state index in [1.54, 1.807) is 10.6 Å². The van der Waals surface area contributed by atoms with E-state index in [0.717, 1.165) is 12.8 Å². The van der Waals surface area contributed by atoms with Crippen LogP contribution in [0.15, 0.2) is 24.4 Å². The highest BCUT2D eigenvalue weighted by atomic mass is 16.2. The number of hydrogen-bond donors (Lipinski definition) is 2. The Morgan fingerprint density at radius 2 is 1.79 bits per heavy atom. The van der Waals surface area contributed by atoms with Crippen molar-refractivity contribution < 1.29 is 9.59 Å². The van der Waals surface area contributed by atoms with E-state index in [1.165, 1.54) is 25.7 Å². The Kier molecular flexibility index (Phi) is 5.40. The smallest absolute Gasteiger partial charge is 0.235 e. The van der Waals surface area contributed by atoms with Gasteiger partial charge in [-0.1, -0.05) is 31.7 Å². The van der Waals surface area contributed by atoms with Gasteiger partial charge in [0.25, 0.3) is 0 Å². The third-order valence-corrected chi connectivity index (χ3v) is 4.36. The minimum absolute atomic E-state index is 0.0526. The fourth-order valence-electron chi connectivity index (χ4n) is 3.06. The van der Waals surface area contributed by atoms with Crippen LogP contribution in [0.1, 0.15) is 51.4 Å². The summed E-state index contributed by atoms with van der Waals surface area (Å²) in [4.78, 5) is 24.1. The molecule has 1 fully saturated rings. The van der Waals surface area contributed by atoms with Crippen molar-refractivity contribution in [1.29, 1.82) is 0 Å². The largest absolute Gasteiger partial charge is 0.353 e. The van der Waals surface area contributed by atoms with Crippen LogP contribution in [0.3, 0.4) is 0 Å². The Morgan fingerprint density at radius 3 is 2.58 bits per heavy atom. The van der Waals surface area contributed by atoms with Gasteiger partial charge < -0.3 is 5.32 Å². The fourth-order valence-corrected chi connectivity index (χ4v) is 3.06. The SMILES string of the molecule is O=C(CCC(=O)NC1CCCCCC1)Nc1nnc2ccccn12. The molecule has 1 aliphatic carbocycles. The number of amides is 2. The summed E-state index contributed by atoms with van der Waals surface area (Å²) in [6.07, 6.45) is 9.05. The predicted molar refractivity (Wildman–Crippen MR) is 90.5 cm³/mol. The third kappa shape index (κ3) is 4.31. The van der Waals surface area contributed by atoms with Crippen LogP contribution < -0.4 is 10.6 Å². The van der Waals surface area contributed by atoms with Gasteiger partial charge in [-0.3, -0.25) is 19.3 Å². The van der Waals surface area contributed by atoms with Gasteiger partial charge in [0, 0.05) is 25.1 Å². The average Bonchev–Trinajstić information content (AvgIpc) is 2.81. The lowest BCUT2D eigenvalue weighted by atomic mass is 10.1. The number of aromatic nitrogens is 3. The van der Waals surface area contributed by atoms with E-state index in [-0.39, 0.29) is 30.7 Å². The molecule has 3 rings (SSSR count). The molecule has 24 heavy (non-hydrogen) atoms. The van der Waals surface area contributed by atoms with Gasteiger partial charge in [-0.25, -0.2) is 0 Å². The van der Waals surface area contributed by atoms with Crippen LogP contribution in [0.4, 0.5) is 5.95 Å². The Bertz CT molecular complexity index is 704. The Hall–Kier alpha value is -2.44. The van der Waals surface area contributed by atoms with Gasteiger partial charge in [0.05, 0.1) is 0 Å². The molecule has 1 aliphatic rings. The minimum atomic E-state index is -0.232. The molecule has 2 aromatic rings. The summed E-state index contributed by atoms with van der Waals surface area (Å²) >= 11 is 0. The second-order valence-electron chi connectivity index (χ2n) is 6.26. The summed E-state index contributed by atoms with van der Waals surface area (Å²) in [5.41, 5.74) is 0.666. The number of hydrogen-bond acceptors (Lipinski definition) is 4. The Labute approximate surface area is 140 Å². The molecular weight excluding hydrogens is 306 g/mol. The Morgan fingerprint density at radius 1 is 1.04 bits per heavy atom. The molecule has 2 N–H and O–H groups in total. The molecule has 0 aliphatic heterocycles. The number of carbonyl (C=O) groups is 2. The second-order valence-corrected chi connectivity index (χ2v) is 6.26. The lowest BCUT2D eigenvalue weighted by molar-refractivity contribution is -0.125. The van der Waals surface area contributed by atoms with Crippen LogP contribution in [0.2, 0.25) is 0 Å². The summed E-state index contributed by atoms with van der Waals surface area (Å²) in [5, 5.41) is 13.7. The lowest BCUT2D eigenvalue weighted by Crippen LogP contribution is -2.34. The molecule has 0 aromatic carbocycles. The molecule has 0 bridgehead atoms. The molecule has 0 spiro atoms. The minimum Gasteiger partial charge on any atom is -0.353 e. The molecule has 0 radical (unpaired) electrons. The highest BCUT2D eigenvalue weighted by Crippen LogP contribution is 2.17. The van der Waals surface area contributed by atoms with Crippen molar-refractivity contribution >= 4 is 23.4 Å². The van der Waals surface area contributed by atoms with Gasteiger partial charge in [-0.15, -0.1) is 10.2 Å². The van der Waals surface area contributed by atoms with E-state index in [2.05, 4.69) is 20.8 Å². The van der Waals surface area contributed by atoms with Crippen molar-refractivity contribution in [1.82, 2.24) is 19.9 Å². The number of fused-ring (bicyclic) bond motifs is 1. The molecule has 1 saturated carbocycles. The predicted octanol–water partition coefficient (Wildman–Crippen LogP) is 2.29. The summed E-state index contributed by atoms with van der Waals surface area (Å²) in [6, 6.07) is 5.77. The number of rotatable bonds is 5. The first-order valence-corrected chi connectivity index (χ1v) is 8.61. The zero-order chi connectivity index (χ0) is 16.8. The van der Waals surface area contributed by atoms with Gasteiger partial charge in [0.15, 0.2) is 5.65 Å². The van der Waals surface area contributed by atoms with Crippen molar-refractivity contribution in [2.45, 2.75) is 57.4 Å². The number of anilines is 1. The zero-order valence-corrected chi connectivity index (χ0v) is 13.7. The molecule has 0 atom stereocenters. The van der Waals surface area contributed by atoms with Crippen molar-refractivity contribution in [2.24, 2.45) is 0 Å². The topological polar surface area (TPSA) is 88.4 Å². The van der Waals surface area contributed by atoms with Gasteiger partial charge in [0.1, 0.15) is 0 Å². The maximum atomic E-state index is 12.0. The molecule has 0 saturated heterocycles. The molecule has 2 heterocycles. The van der Waals surface area contributed by atoms with Crippen LogP contribution in [-0.2, 0) is 9.59 Å². The summed E-state index contributed by atoms with van der Waals surface area (Å²) in [7, 11) is 0. The van der Waals surface area contributed by atoms with Crippen molar-refractivity contribution in [3.63, 3.8) is 0 Å². The highest BCUT2D eigenvalue weighted by Gasteiger charge is 2.16. The average molecular weight is 329 g/mol. The van der Waals surface area contributed by atoms with Crippen LogP contribution in [0.5, 0.6) is 0 Å². The first kappa shape index (κ1) is 16.4. The summed E-state index contributed by atoms with van der Waals surface area (Å²) in [6.45, 7) is 0. The monoisotopic (exact) mass is 329 g/mol. The maximum Gasteiger partial charge on any atom is 0.235 e. The molecular formula is C17H23N5O2. The quantitative estimate of drug-likeness (QED) is 0.824. The molecule has 2 amide bonds. The van der Waals surface area contributed by atoms with Crippen molar-refractivity contribution in [3.8, 4) is 0 Å². The van der Waals surface area contributed by atoms with Gasteiger partial charge in [0.2, 0.25) is 17.8 Å². The van der Waals surface area contributed by atoms with E-state index >= 15 is 0 Å². The van der Waals surface area contributed by atoms with E-state index in [9.17, 15) is 9.59 Å².